The van der Waals surface area contributed by atoms with Crippen molar-refractivity contribution in [3.8, 4) is 11.4 Å². The molecule has 2 aromatic rings. The van der Waals surface area contributed by atoms with Gasteiger partial charge in [0.25, 0.3) is 0 Å². The van der Waals surface area contributed by atoms with Gasteiger partial charge in [-0.05, 0) is 49.9 Å². The number of carboxylic acids is 1. The summed E-state index contributed by atoms with van der Waals surface area (Å²) in [7, 11) is 0. The second-order valence-corrected chi connectivity index (χ2v) is 6.94. The average molecular weight is 359 g/mol. The Hall–Kier alpha value is -2.77. The van der Waals surface area contributed by atoms with E-state index < -0.39 is 11.4 Å². The number of rotatable bonds is 4. The zero-order valence-electron chi connectivity index (χ0n) is 14.0. The van der Waals surface area contributed by atoms with Crippen molar-refractivity contribution in [2.24, 2.45) is 5.41 Å². The Balaban J connectivity index is 1.49. The lowest BCUT2D eigenvalue weighted by Gasteiger charge is -2.32. The van der Waals surface area contributed by atoms with Crippen LogP contribution >= 0.6 is 0 Å². The highest BCUT2D eigenvalue weighted by molar-refractivity contribution is 6.04. The number of nitrogens with zero attached hydrogens (tertiary/aromatic N) is 3. The fourth-order valence-electron chi connectivity index (χ4n) is 3.43. The van der Waals surface area contributed by atoms with Crippen LogP contribution in [0.5, 0.6) is 0 Å². The highest BCUT2D eigenvalue weighted by Gasteiger charge is 2.58. The monoisotopic (exact) mass is 359 g/mol. The molecule has 4 rings (SSSR count). The van der Waals surface area contributed by atoms with Gasteiger partial charge in [0.15, 0.2) is 0 Å². The molecule has 1 saturated carbocycles. The van der Waals surface area contributed by atoms with Crippen LogP contribution in [0.4, 0.5) is 4.39 Å². The molecule has 1 saturated heterocycles. The summed E-state index contributed by atoms with van der Waals surface area (Å²) in [5.41, 5.74) is -0.580. The standard InChI is InChI=1S/C18H18FN3O4/c19-13-5-3-11(4-6-13)14-20-15(26-21-14)12-2-1-9-22(10-12)16(23)18(7-8-18)17(24)25/h3-6,12H,1-2,7-10H2,(H,24,25). The second-order valence-electron chi connectivity index (χ2n) is 6.94. The molecule has 0 radical (unpaired) electrons. The maximum absolute atomic E-state index is 13.0. The van der Waals surface area contributed by atoms with Crippen LogP contribution in [0.15, 0.2) is 28.8 Å². The number of amides is 1. The molecular formula is C18H18FN3O4. The molecule has 1 aromatic heterocycles. The van der Waals surface area contributed by atoms with E-state index in [9.17, 15) is 19.1 Å². The van der Waals surface area contributed by atoms with Crippen LogP contribution in [-0.2, 0) is 9.59 Å². The number of hydrogen-bond acceptors (Lipinski definition) is 5. The summed E-state index contributed by atoms with van der Waals surface area (Å²) in [5, 5.41) is 13.3. The lowest BCUT2D eigenvalue weighted by atomic mass is 9.95. The van der Waals surface area contributed by atoms with Crippen LogP contribution in [0.3, 0.4) is 0 Å². The van der Waals surface area contributed by atoms with Crippen molar-refractivity contribution in [3.05, 3.63) is 36.0 Å². The molecule has 8 heteroatoms. The van der Waals surface area contributed by atoms with Gasteiger partial charge in [-0.2, -0.15) is 4.98 Å². The minimum atomic E-state index is -1.23. The van der Waals surface area contributed by atoms with Crippen LogP contribution < -0.4 is 0 Å². The number of piperidine rings is 1. The predicted molar refractivity (Wildman–Crippen MR) is 87.5 cm³/mol. The van der Waals surface area contributed by atoms with E-state index >= 15 is 0 Å². The van der Waals surface area contributed by atoms with E-state index in [-0.39, 0.29) is 17.6 Å². The van der Waals surface area contributed by atoms with Crippen molar-refractivity contribution >= 4 is 11.9 Å². The molecule has 2 heterocycles. The number of carbonyl (C=O) groups is 2. The van der Waals surface area contributed by atoms with E-state index in [1.54, 1.807) is 17.0 Å². The zero-order chi connectivity index (χ0) is 18.3. The third-order valence-corrected chi connectivity index (χ3v) is 5.17. The van der Waals surface area contributed by atoms with Crippen LogP contribution in [0.25, 0.3) is 11.4 Å². The SMILES string of the molecule is O=C(O)C1(C(=O)N2CCCC(c3nc(-c4ccc(F)cc4)no3)C2)CC1. The molecule has 1 aliphatic carbocycles. The fourth-order valence-corrected chi connectivity index (χ4v) is 3.43. The highest BCUT2D eigenvalue weighted by Crippen LogP contribution is 2.48. The molecule has 0 spiro atoms. The van der Waals surface area contributed by atoms with Crippen molar-refractivity contribution in [1.29, 1.82) is 0 Å². The average Bonchev–Trinajstić information content (AvgIpc) is 3.33. The molecule has 2 fully saturated rings. The number of carbonyl (C=O) groups excluding carboxylic acids is 1. The third kappa shape index (κ3) is 2.85. The maximum atomic E-state index is 13.0. The minimum absolute atomic E-state index is 0.126. The molecule has 0 bridgehead atoms. The van der Waals surface area contributed by atoms with Crippen LogP contribution in [0.2, 0.25) is 0 Å². The highest BCUT2D eigenvalue weighted by atomic mass is 19.1. The van der Waals surface area contributed by atoms with E-state index in [1.807, 2.05) is 0 Å². The van der Waals surface area contributed by atoms with Gasteiger partial charge < -0.3 is 14.5 Å². The smallest absolute Gasteiger partial charge is 0.319 e. The van der Waals surface area contributed by atoms with Crippen LogP contribution in [-0.4, -0.2) is 45.1 Å². The normalized spacial score (nSPS) is 21.4. The van der Waals surface area contributed by atoms with Gasteiger partial charge >= 0.3 is 5.97 Å². The predicted octanol–water partition coefficient (Wildman–Crippen LogP) is 2.45. The van der Waals surface area contributed by atoms with E-state index in [2.05, 4.69) is 10.1 Å². The summed E-state index contributed by atoms with van der Waals surface area (Å²) in [6, 6.07) is 5.80. The van der Waals surface area contributed by atoms with Gasteiger partial charge in [0, 0.05) is 18.7 Å². The Labute approximate surface area is 148 Å². The summed E-state index contributed by atoms with van der Waals surface area (Å²) >= 11 is 0. The summed E-state index contributed by atoms with van der Waals surface area (Å²) in [5.74, 6) is -1.03. The Morgan fingerprint density at radius 2 is 2.00 bits per heavy atom. The Morgan fingerprint density at radius 3 is 2.65 bits per heavy atom. The zero-order valence-corrected chi connectivity index (χ0v) is 14.0. The van der Waals surface area contributed by atoms with Gasteiger partial charge in [0.2, 0.25) is 17.6 Å². The lowest BCUT2D eigenvalue weighted by Crippen LogP contribution is -2.45. The minimum Gasteiger partial charge on any atom is -0.480 e. The second kappa shape index (κ2) is 6.19. The Kier molecular flexibility index (Phi) is 3.97. The molecule has 7 nitrogen and oxygen atoms in total. The van der Waals surface area contributed by atoms with Gasteiger partial charge in [0.05, 0.1) is 5.92 Å². The number of carboxylic acid groups (broad SMARTS) is 1. The Bertz CT molecular complexity index is 844. The molecule has 1 amide bonds. The van der Waals surface area contributed by atoms with Crippen molar-refractivity contribution in [3.63, 3.8) is 0 Å². The van der Waals surface area contributed by atoms with Gasteiger partial charge in [-0.15, -0.1) is 0 Å². The van der Waals surface area contributed by atoms with Gasteiger partial charge in [-0.25, -0.2) is 4.39 Å². The number of halogens is 1. The number of aliphatic carboxylic acids is 1. The first kappa shape index (κ1) is 16.7. The Morgan fingerprint density at radius 1 is 1.27 bits per heavy atom. The van der Waals surface area contributed by atoms with E-state index in [1.165, 1.54) is 12.1 Å². The third-order valence-electron chi connectivity index (χ3n) is 5.17. The van der Waals surface area contributed by atoms with E-state index in [0.29, 0.717) is 43.2 Å². The lowest BCUT2D eigenvalue weighted by molar-refractivity contribution is -0.154. The first-order valence-electron chi connectivity index (χ1n) is 8.62. The first-order chi connectivity index (χ1) is 12.5. The van der Waals surface area contributed by atoms with Crippen LogP contribution in [0, 0.1) is 11.2 Å². The van der Waals surface area contributed by atoms with Gasteiger partial charge in [-0.3, -0.25) is 9.59 Å². The summed E-state index contributed by atoms with van der Waals surface area (Å²) in [6.45, 7) is 0.919. The molecular weight excluding hydrogens is 341 g/mol. The van der Waals surface area contributed by atoms with Gasteiger partial charge in [-0.1, -0.05) is 5.16 Å². The van der Waals surface area contributed by atoms with Crippen molar-refractivity contribution in [2.45, 2.75) is 31.6 Å². The molecule has 1 aliphatic heterocycles. The van der Waals surface area contributed by atoms with Crippen LogP contribution in [0.1, 0.15) is 37.5 Å². The first-order valence-corrected chi connectivity index (χ1v) is 8.62. The molecule has 1 aromatic carbocycles. The summed E-state index contributed by atoms with van der Waals surface area (Å²) in [6.07, 6.45) is 2.34. The number of hydrogen-bond donors (Lipinski definition) is 1. The number of likely N-dealkylation sites (tertiary alicyclic amines) is 1. The molecule has 136 valence electrons. The van der Waals surface area contributed by atoms with Crippen molar-refractivity contribution in [1.82, 2.24) is 15.0 Å². The number of benzene rings is 1. The molecule has 2 aliphatic rings. The van der Waals surface area contributed by atoms with Crippen molar-refractivity contribution < 1.29 is 23.6 Å². The molecule has 1 N–H and O–H groups in total. The van der Waals surface area contributed by atoms with Crippen molar-refractivity contribution in [2.75, 3.05) is 13.1 Å². The molecule has 26 heavy (non-hydrogen) atoms. The quantitative estimate of drug-likeness (QED) is 0.843. The van der Waals surface area contributed by atoms with E-state index in [0.717, 1.165) is 12.8 Å². The molecule has 1 atom stereocenters. The largest absolute Gasteiger partial charge is 0.480 e. The fraction of sp³-hybridized carbons (Fsp3) is 0.444. The summed E-state index contributed by atoms with van der Waals surface area (Å²) in [4.78, 5) is 30.0. The molecule has 1 unspecified atom stereocenters. The summed E-state index contributed by atoms with van der Waals surface area (Å²) < 4.78 is 18.4. The van der Waals surface area contributed by atoms with E-state index in [4.69, 9.17) is 4.52 Å². The van der Waals surface area contributed by atoms with Gasteiger partial charge in [0.1, 0.15) is 11.2 Å². The topological polar surface area (TPSA) is 96.5 Å². The number of aromatic nitrogens is 2. The maximum Gasteiger partial charge on any atom is 0.319 e.